The minimum Gasteiger partial charge on any atom is -0.465 e. The summed E-state index contributed by atoms with van der Waals surface area (Å²) < 4.78 is 55.3. The first-order chi connectivity index (χ1) is 20.4. The van der Waals surface area contributed by atoms with Crippen molar-refractivity contribution in [2.24, 2.45) is 10.9 Å². The Morgan fingerprint density at radius 1 is 1.00 bits per heavy atom. The van der Waals surface area contributed by atoms with Gasteiger partial charge >= 0.3 is 12.1 Å². The minimum absolute atomic E-state index is 0.0227. The third kappa shape index (κ3) is 5.95. The van der Waals surface area contributed by atoms with E-state index in [0.29, 0.717) is 49.1 Å². The second-order valence-electron chi connectivity index (χ2n) is 11.6. The van der Waals surface area contributed by atoms with E-state index < -0.39 is 46.4 Å². The number of amides is 1. The SMILES string of the molecule is CCOC(=O)C1C(c2c(F)ccc(F)c2F)=Nc2n[nH]c(C)c2C1c1ccc(N2CCN(C(=O)OC(C)(C)C)CC2)cc1. The fourth-order valence-electron chi connectivity index (χ4n) is 5.57. The Hall–Kier alpha value is -4.35. The lowest BCUT2D eigenvalue weighted by Gasteiger charge is -2.37. The van der Waals surface area contributed by atoms with Crippen LogP contribution in [0.3, 0.4) is 0 Å². The van der Waals surface area contributed by atoms with E-state index in [4.69, 9.17) is 9.47 Å². The monoisotopic (exact) mass is 597 g/mol. The Bertz CT molecular complexity index is 1560. The van der Waals surface area contributed by atoms with Crippen LogP contribution in [-0.2, 0) is 14.3 Å². The van der Waals surface area contributed by atoms with Crippen LogP contribution >= 0.6 is 0 Å². The molecule has 1 amide bonds. The highest BCUT2D eigenvalue weighted by Gasteiger charge is 2.44. The summed E-state index contributed by atoms with van der Waals surface area (Å²) in [5.41, 5.74) is 1.17. The Morgan fingerprint density at radius 2 is 1.65 bits per heavy atom. The van der Waals surface area contributed by atoms with Gasteiger partial charge in [0.05, 0.1) is 17.9 Å². The number of carbonyl (C=O) groups is 2. The van der Waals surface area contributed by atoms with Gasteiger partial charge in [-0.3, -0.25) is 9.89 Å². The van der Waals surface area contributed by atoms with Gasteiger partial charge in [0, 0.05) is 49.0 Å². The van der Waals surface area contributed by atoms with E-state index in [0.717, 1.165) is 11.8 Å². The number of ether oxygens (including phenoxy) is 2. The second-order valence-corrected chi connectivity index (χ2v) is 11.6. The largest absolute Gasteiger partial charge is 0.465 e. The number of aromatic amines is 1. The number of benzene rings is 2. The topological polar surface area (TPSA) is 100 Å². The molecule has 0 spiro atoms. The number of hydrogen-bond acceptors (Lipinski definition) is 7. The molecule has 3 heterocycles. The zero-order chi connectivity index (χ0) is 31.1. The van der Waals surface area contributed by atoms with Crippen molar-refractivity contribution in [1.29, 1.82) is 0 Å². The lowest BCUT2D eigenvalue weighted by atomic mass is 9.74. The van der Waals surface area contributed by atoms with Gasteiger partial charge in [0.2, 0.25) is 0 Å². The lowest BCUT2D eigenvalue weighted by molar-refractivity contribution is -0.146. The Kier molecular flexibility index (Phi) is 8.22. The van der Waals surface area contributed by atoms with Crippen LogP contribution in [0, 0.1) is 30.3 Å². The summed E-state index contributed by atoms with van der Waals surface area (Å²) in [6.45, 7) is 11.1. The van der Waals surface area contributed by atoms with E-state index in [1.807, 2.05) is 45.0 Å². The molecule has 0 saturated carbocycles. The maximum Gasteiger partial charge on any atom is 0.410 e. The molecule has 2 aliphatic heterocycles. The van der Waals surface area contributed by atoms with Crippen molar-refractivity contribution in [2.45, 2.75) is 46.1 Å². The van der Waals surface area contributed by atoms with Crippen molar-refractivity contribution >= 4 is 29.3 Å². The number of halogens is 3. The van der Waals surface area contributed by atoms with Crippen molar-refractivity contribution in [2.75, 3.05) is 37.7 Å². The summed E-state index contributed by atoms with van der Waals surface area (Å²) in [7, 11) is 0. The molecule has 1 aromatic heterocycles. The van der Waals surface area contributed by atoms with Gasteiger partial charge in [-0.15, -0.1) is 0 Å². The Morgan fingerprint density at radius 3 is 2.28 bits per heavy atom. The van der Waals surface area contributed by atoms with Crippen LogP contribution in [0.25, 0.3) is 0 Å². The number of fused-ring (bicyclic) bond motifs is 1. The van der Waals surface area contributed by atoms with Crippen LogP contribution in [0.1, 0.15) is 56.0 Å². The van der Waals surface area contributed by atoms with Gasteiger partial charge in [0.1, 0.15) is 17.3 Å². The number of aryl methyl sites for hydroxylation is 1. The molecule has 12 heteroatoms. The fourth-order valence-corrected chi connectivity index (χ4v) is 5.57. The number of piperazine rings is 1. The number of H-pyrrole nitrogens is 1. The van der Waals surface area contributed by atoms with Crippen LogP contribution in [0.4, 0.5) is 29.5 Å². The highest BCUT2D eigenvalue weighted by Crippen LogP contribution is 2.45. The molecule has 0 aliphatic carbocycles. The molecule has 43 heavy (non-hydrogen) atoms. The zero-order valence-corrected chi connectivity index (χ0v) is 24.7. The van der Waals surface area contributed by atoms with Crippen LogP contribution in [0.15, 0.2) is 41.4 Å². The summed E-state index contributed by atoms with van der Waals surface area (Å²) in [6, 6.07) is 8.95. The molecule has 3 aromatic rings. The molecule has 2 unspecified atom stereocenters. The Labute approximate surface area is 247 Å². The van der Waals surface area contributed by atoms with Gasteiger partial charge in [-0.1, -0.05) is 12.1 Å². The molecule has 0 radical (unpaired) electrons. The van der Waals surface area contributed by atoms with Crippen LogP contribution in [-0.4, -0.2) is 71.3 Å². The number of aliphatic imine (C=N–C) groups is 1. The molecule has 5 rings (SSSR count). The predicted octanol–water partition coefficient (Wildman–Crippen LogP) is 5.64. The van der Waals surface area contributed by atoms with E-state index in [2.05, 4.69) is 20.1 Å². The number of aromatic nitrogens is 2. The predicted molar refractivity (Wildman–Crippen MR) is 154 cm³/mol. The fraction of sp³-hybridized carbons (Fsp3) is 0.419. The first-order valence-corrected chi connectivity index (χ1v) is 14.2. The Balaban J connectivity index is 1.48. The summed E-state index contributed by atoms with van der Waals surface area (Å²) in [5.74, 6) is -6.41. The van der Waals surface area contributed by atoms with Crippen molar-refractivity contribution in [3.8, 4) is 0 Å². The van der Waals surface area contributed by atoms with Crippen molar-refractivity contribution in [3.63, 3.8) is 0 Å². The number of esters is 1. The second kappa shape index (κ2) is 11.7. The van der Waals surface area contributed by atoms with Crippen molar-refractivity contribution < 1.29 is 32.2 Å². The highest BCUT2D eigenvalue weighted by atomic mass is 19.2. The molecule has 2 aromatic carbocycles. The number of anilines is 1. The molecule has 1 fully saturated rings. The van der Waals surface area contributed by atoms with Crippen LogP contribution in [0.2, 0.25) is 0 Å². The summed E-state index contributed by atoms with van der Waals surface area (Å²) in [4.78, 5) is 34.1. The number of hydrogen-bond donors (Lipinski definition) is 1. The van der Waals surface area contributed by atoms with Gasteiger partial charge < -0.3 is 19.3 Å². The number of rotatable bonds is 5. The third-order valence-corrected chi connectivity index (χ3v) is 7.53. The van der Waals surface area contributed by atoms with E-state index in [9.17, 15) is 14.0 Å². The minimum atomic E-state index is -1.44. The average molecular weight is 598 g/mol. The molecule has 2 aliphatic rings. The number of nitrogens with one attached hydrogen (secondary N) is 1. The maximum absolute atomic E-state index is 15.1. The van der Waals surface area contributed by atoms with Gasteiger partial charge in [0.25, 0.3) is 0 Å². The molecular weight excluding hydrogens is 563 g/mol. The molecule has 228 valence electrons. The average Bonchev–Trinajstić information content (AvgIpc) is 3.34. The molecule has 9 nitrogen and oxygen atoms in total. The van der Waals surface area contributed by atoms with Gasteiger partial charge in [0.15, 0.2) is 17.5 Å². The number of nitrogens with zero attached hydrogens (tertiary/aromatic N) is 4. The van der Waals surface area contributed by atoms with E-state index in [-0.39, 0.29) is 24.2 Å². The summed E-state index contributed by atoms with van der Waals surface area (Å²) >= 11 is 0. The van der Waals surface area contributed by atoms with E-state index in [1.54, 1.807) is 18.7 Å². The maximum atomic E-state index is 15.1. The smallest absolute Gasteiger partial charge is 0.410 e. The molecule has 0 bridgehead atoms. The molecule has 1 N–H and O–H groups in total. The summed E-state index contributed by atoms with van der Waals surface area (Å²) in [6.07, 6.45) is -0.347. The van der Waals surface area contributed by atoms with Gasteiger partial charge in [-0.2, -0.15) is 5.10 Å². The molecule has 1 saturated heterocycles. The van der Waals surface area contributed by atoms with Crippen LogP contribution < -0.4 is 4.90 Å². The summed E-state index contributed by atoms with van der Waals surface area (Å²) in [5, 5.41) is 7.06. The highest BCUT2D eigenvalue weighted by molar-refractivity contribution is 6.15. The first kappa shape index (κ1) is 30.1. The number of carbonyl (C=O) groups excluding carboxylic acids is 2. The van der Waals surface area contributed by atoms with Gasteiger partial charge in [-0.25, -0.2) is 23.0 Å². The zero-order valence-electron chi connectivity index (χ0n) is 24.7. The van der Waals surface area contributed by atoms with Crippen LogP contribution in [0.5, 0.6) is 0 Å². The lowest BCUT2D eigenvalue weighted by Crippen LogP contribution is -2.50. The quantitative estimate of drug-likeness (QED) is 0.302. The van der Waals surface area contributed by atoms with Crippen molar-refractivity contribution in [3.05, 3.63) is 76.2 Å². The van der Waals surface area contributed by atoms with Crippen molar-refractivity contribution in [1.82, 2.24) is 15.1 Å². The normalized spacial score (nSPS) is 18.7. The third-order valence-electron chi connectivity index (χ3n) is 7.53. The first-order valence-electron chi connectivity index (χ1n) is 14.2. The van der Waals surface area contributed by atoms with E-state index >= 15 is 8.78 Å². The van der Waals surface area contributed by atoms with E-state index in [1.165, 1.54) is 0 Å². The van der Waals surface area contributed by atoms with Gasteiger partial charge in [-0.05, 0) is 64.4 Å². The molecular formula is C31H34F3N5O4. The molecule has 2 atom stereocenters. The standard InChI is InChI=1S/C31H34F3N5O4/c1-6-42-29(40)25-23(22-17(2)36-37-28(22)35-27(25)24-20(32)11-12-21(33)26(24)34)18-7-9-19(10-8-18)38-13-15-39(16-14-38)30(41)43-31(3,4)5/h7-12,23,25H,6,13-16H2,1-5H3,(H,36,37).